The Kier molecular flexibility index (Phi) is 7.75. The molecule has 1 fully saturated rings. The Hall–Kier alpha value is -2.78. The van der Waals surface area contributed by atoms with Crippen molar-refractivity contribution < 1.29 is 19.2 Å². The lowest BCUT2D eigenvalue weighted by atomic mass is 10.0. The summed E-state index contributed by atoms with van der Waals surface area (Å²) in [5.41, 5.74) is 1.21. The molecule has 0 bridgehead atoms. The number of unbranched alkanes of at least 4 members (excludes halogenated alkanes) is 1. The second kappa shape index (κ2) is 10.5. The van der Waals surface area contributed by atoms with Crippen molar-refractivity contribution in [3.63, 3.8) is 0 Å². The zero-order chi connectivity index (χ0) is 22.4. The molecule has 1 saturated heterocycles. The quantitative estimate of drug-likeness (QED) is 0.243. The first kappa shape index (κ1) is 22.9. The zero-order valence-corrected chi connectivity index (χ0v) is 18.2. The number of nitro groups is 1. The first-order valence-electron chi connectivity index (χ1n) is 10.8. The number of hydrogen-bond donors (Lipinski definition) is 0. The van der Waals surface area contributed by atoms with E-state index in [1.807, 2.05) is 11.9 Å². The Labute approximate surface area is 182 Å². The van der Waals surface area contributed by atoms with Crippen LogP contribution in [0.25, 0.3) is 5.57 Å². The van der Waals surface area contributed by atoms with Gasteiger partial charge in [0.15, 0.2) is 0 Å². The van der Waals surface area contributed by atoms with Gasteiger partial charge in [0.05, 0.1) is 10.5 Å². The van der Waals surface area contributed by atoms with Gasteiger partial charge in [0, 0.05) is 58.1 Å². The van der Waals surface area contributed by atoms with Crippen LogP contribution in [0, 0.1) is 10.1 Å². The number of hydrogen-bond acceptors (Lipinski definition) is 7. The van der Waals surface area contributed by atoms with E-state index >= 15 is 0 Å². The predicted octanol–water partition coefficient (Wildman–Crippen LogP) is 2.13. The summed E-state index contributed by atoms with van der Waals surface area (Å²) in [5, 5.41) is 11.0. The van der Waals surface area contributed by atoms with Gasteiger partial charge in [0.25, 0.3) is 17.5 Å². The number of amides is 2. The third-order valence-corrected chi connectivity index (χ3v) is 5.64. The molecule has 3 rings (SSSR count). The molecule has 0 radical (unpaired) electrons. The van der Waals surface area contributed by atoms with E-state index in [2.05, 4.69) is 11.8 Å². The summed E-state index contributed by atoms with van der Waals surface area (Å²) < 4.78 is 5.56. The fraction of sp³-hybridized carbons (Fsp3) is 0.545. The fourth-order valence-electron chi connectivity index (χ4n) is 3.77. The Bertz CT molecular complexity index is 844. The van der Waals surface area contributed by atoms with Crippen molar-refractivity contribution in [3.8, 4) is 0 Å². The van der Waals surface area contributed by atoms with Crippen LogP contribution in [0.5, 0.6) is 0 Å². The van der Waals surface area contributed by atoms with Gasteiger partial charge in [-0.3, -0.25) is 24.6 Å². The van der Waals surface area contributed by atoms with Gasteiger partial charge in [-0.15, -0.1) is 0 Å². The topological polar surface area (TPSA) is 96.2 Å². The number of carbonyl (C=O) groups is 2. The molecule has 0 atom stereocenters. The maximum Gasteiger partial charge on any atom is 0.277 e. The molecule has 1 aromatic carbocycles. The average molecular weight is 431 g/mol. The minimum atomic E-state index is -0.480. The molecular weight excluding hydrogens is 400 g/mol. The Morgan fingerprint density at radius 1 is 1.00 bits per heavy atom. The lowest BCUT2D eigenvalue weighted by Crippen LogP contribution is -2.46. The molecule has 0 N–H and O–H groups in total. The van der Waals surface area contributed by atoms with Gasteiger partial charge in [-0.2, -0.15) is 0 Å². The van der Waals surface area contributed by atoms with E-state index in [4.69, 9.17) is 4.74 Å². The highest BCUT2D eigenvalue weighted by molar-refractivity contribution is 6.35. The third kappa shape index (κ3) is 5.29. The molecule has 0 saturated carbocycles. The molecule has 9 heteroatoms. The van der Waals surface area contributed by atoms with Gasteiger partial charge in [-0.1, -0.05) is 13.3 Å². The van der Waals surface area contributed by atoms with Gasteiger partial charge in [0.1, 0.15) is 5.70 Å². The predicted molar refractivity (Wildman–Crippen MR) is 116 cm³/mol. The molecule has 2 aliphatic heterocycles. The largest absolute Gasteiger partial charge is 0.381 e. The summed E-state index contributed by atoms with van der Waals surface area (Å²) in [5.74, 6) is -0.641. The lowest BCUT2D eigenvalue weighted by Gasteiger charge is -2.34. The molecule has 0 aliphatic carbocycles. The summed E-state index contributed by atoms with van der Waals surface area (Å²) in [7, 11) is 2.02. The smallest absolute Gasteiger partial charge is 0.277 e. The number of likely N-dealkylation sites (N-methyl/N-ethyl adjacent to an activating group) is 1. The van der Waals surface area contributed by atoms with Crippen LogP contribution in [0.15, 0.2) is 30.0 Å². The van der Waals surface area contributed by atoms with Crippen molar-refractivity contribution in [2.24, 2.45) is 0 Å². The number of nitrogens with zero attached hydrogens (tertiary/aromatic N) is 4. The van der Waals surface area contributed by atoms with Crippen LogP contribution >= 0.6 is 0 Å². The maximum absolute atomic E-state index is 13.3. The van der Waals surface area contributed by atoms with Crippen molar-refractivity contribution in [1.82, 2.24) is 14.7 Å². The number of benzene rings is 1. The Balaban J connectivity index is 1.82. The van der Waals surface area contributed by atoms with Gasteiger partial charge in [-0.05, 0) is 37.6 Å². The van der Waals surface area contributed by atoms with Crippen molar-refractivity contribution in [3.05, 3.63) is 45.6 Å². The third-order valence-electron chi connectivity index (χ3n) is 5.64. The molecule has 2 aliphatic rings. The number of non-ortho nitro benzene ring substituents is 1. The highest BCUT2D eigenvalue weighted by atomic mass is 16.6. The average Bonchev–Trinajstić information content (AvgIpc) is 3.01. The van der Waals surface area contributed by atoms with Crippen molar-refractivity contribution in [1.29, 1.82) is 0 Å². The summed E-state index contributed by atoms with van der Waals surface area (Å²) in [4.78, 5) is 42.5. The molecule has 2 amide bonds. The molecule has 31 heavy (non-hydrogen) atoms. The van der Waals surface area contributed by atoms with Crippen LogP contribution in [-0.4, -0.2) is 84.4 Å². The normalized spacial score (nSPS) is 17.7. The number of nitro benzene ring substituents is 1. The fourth-order valence-corrected chi connectivity index (χ4v) is 3.77. The molecule has 0 spiro atoms. The Morgan fingerprint density at radius 2 is 1.65 bits per heavy atom. The van der Waals surface area contributed by atoms with Crippen LogP contribution < -0.4 is 0 Å². The van der Waals surface area contributed by atoms with E-state index in [0.29, 0.717) is 49.6 Å². The van der Waals surface area contributed by atoms with Crippen LogP contribution in [0.4, 0.5) is 5.69 Å². The van der Waals surface area contributed by atoms with Crippen molar-refractivity contribution in [2.75, 3.05) is 53.0 Å². The summed E-state index contributed by atoms with van der Waals surface area (Å²) in [6.45, 7) is 6.44. The number of carbonyl (C=O) groups excluding carboxylic acids is 2. The van der Waals surface area contributed by atoms with Crippen molar-refractivity contribution in [2.45, 2.75) is 26.2 Å². The monoisotopic (exact) mass is 430 g/mol. The molecule has 0 unspecified atom stereocenters. The molecule has 1 aromatic rings. The minimum absolute atomic E-state index is 0.0525. The van der Waals surface area contributed by atoms with Crippen LogP contribution in [0.1, 0.15) is 31.7 Å². The highest BCUT2D eigenvalue weighted by Gasteiger charge is 2.41. The van der Waals surface area contributed by atoms with E-state index < -0.39 is 4.92 Å². The summed E-state index contributed by atoms with van der Waals surface area (Å²) >= 11 is 0. The minimum Gasteiger partial charge on any atom is -0.381 e. The second-order valence-electron chi connectivity index (χ2n) is 7.90. The highest BCUT2D eigenvalue weighted by Crippen LogP contribution is 2.33. The van der Waals surface area contributed by atoms with Crippen LogP contribution in [0.2, 0.25) is 0 Å². The SMILES string of the molecule is CCCCOCCCN1C(=O)C(c2ccc([N+](=O)[O-])cc2)=C(N2CCN(C)CC2)C1=O. The first-order chi connectivity index (χ1) is 14.9. The van der Waals surface area contributed by atoms with E-state index in [1.54, 1.807) is 12.1 Å². The molecular formula is C22H30N4O5. The van der Waals surface area contributed by atoms with E-state index in [-0.39, 0.29) is 24.0 Å². The number of imide groups is 1. The van der Waals surface area contributed by atoms with Gasteiger partial charge in [-0.25, -0.2) is 0 Å². The van der Waals surface area contributed by atoms with Gasteiger partial charge >= 0.3 is 0 Å². The van der Waals surface area contributed by atoms with Crippen LogP contribution in [-0.2, 0) is 14.3 Å². The van der Waals surface area contributed by atoms with Gasteiger partial charge < -0.3 is 14.5 Å². The molecule has 0 aromatic heterocycles. The van der Waals surface area contributed by atoms with E-state index in [1.165, 1.54) is 17.0 Å². The second-order valence-corrected chi connectivity index (χ2v) is 7.90. The Morgan fingerprint density at radius 3 is 2.26 bits per heavy atom. The molecule has 168 valence electrons. The van der Waals surface area contributed by atoms with E-state index in [9.17, 15) is 19.7 Å². The van der Waals surface area contributed by atoms with Crippen molar-refractivity contribution >= 4 is 23.1 Å². The standard InChI is InChI=1S/C22H30N4O5/c1-3-4-15-31-16-5-10-25-21(27)19(17-6-8-18(9-7-17)26(29)30)20(22(25)28)24-13-11-23(2)12-14-24/h6-9H,3-5,10-16H2,1-2H3. The number of piperazine rings is 1. The summed E-state index contributed by atoms with van der Waals surface area (Å²) in [6.07, 6.45) is 2.62. The summed E-state index contributed by atoms with van der Waals surface area (Å²) in [6, 6.07) is 5.83. The first-order valence-corrected chi connectivity index (χ1v) is 10.8. The number of rotatable bonds is 10. The molecule has 2 heterocycles. The van der Waals surface area contributed by atoms with Crippen LogP contribution in [0.3, 0.4) is 0 Å². The molecule has 9 nitrogen and oxygen atoms in total. The van der Waals surface area contributed by atoms with Gasteiger partial charge in [0.2, 0.25) is 0 Å². The lowest BCUT2D eigenvalue weighted by molar-refractivity contribution is -0.384. The van der Waals surface area contributed by atoms with E-state index in [0.717, 1.165) is 25.9 Å². The maximum atomic E-state index is 13.3. The number of ether oxygens (including phenoxy) is 1. The zero-order valence-electron chi connectivity index (χ0n) is 18.2.